The van der Waals surface area contributed by atoms with Gasteiger partial charge in [0.15, 0.2) is 0 Å². The number of hydrogen-bond acceptors (Lipinski definition) is 2. The van der Waals surface area contributed by atoms with E-state index in [0.29, 0.717) is 25.8 Å². The Morgan fingerprint density at radius 3 is 2.31 bits per heavy atom. The summed E-state index contributed by atoms with van der Waals surface area (Å²) in [5.41, 5.74) is -0.683. The molecule has 2 amide bonds. The summed E-state index contributed by atoms with van der Waals surface area (Å²) < 4.78 is 0. The first kappa shape index (κ1) is 13.0. The molecule has 0 bridgehead atoms. The molecule has 4 heteroatoms. The van der Waals surface area contributed by atoms with Gasteiger partial charge in [0.2, 0.25) is 11.8 Å². The van der Waals surface area contributed by atoms with E-state index in [1.807, 2.05) is 32.6 Å². The Labute approximate surface area is 97.4 Å². The van der Waals surface area contributed by atoms with Gasteiger partial charge in [-0.3, -0.25) is 9.59 Å². The Morgan fingerprint density at radius 1 is 1.31 bits per heavy atom. The second-order valence-electron chi connectivity index (χ2n) is 4.48. The molecule has 0 spiro atoms. The quantitative estimate of drug-likeness (QED) is 0.788. The van der Waals surface area contributed by atoms with Crippen LogP contribution in [0.15, 0.2) is 0 Å². The van der Waals surface area contributed by atoms with E-state index in [1.54, 1.807) is 0 Å². The summed E-state index contributed by atoms with van der Waals surface area (Å²) in [7, 11) is 0. The number of carbonyl (C=O) groups is 2. The van der Waals surface area contributed by atoms with Crippen molar-refractivity contribution in [3.63, 3.8) is 0 Å². The molecule has 0 aromatic heterocycles. The number of nitrogens with zero attached hydrogens (tertiary/aromatic N) is 1. The minimum Gasteiger partial charge on any atom is -0.342 e. The predicted octanol–water partition coefficient (Wildman–Crippen LogP) is 1.30. The van der Waals surface area contributed by atoms with Gasteiger partial charge in [-0.05, 0) is 26.7 Å². The van der Waals surface area contributed by atoms with Gasteiger partial charge in [0.1, 0.15) is 5.54 Å². The van der Waals surface area contributed by atoms with E-state index >= 15 is 0 Å². The summed E-state index contributed by atoms with van der Waals surface area (Å²) in [5, 5.41) is 2.91. The number of likely N-dealkylation sites (N-methyl/N-ethyl adjacent to an activating group) is 1. The van der Waals surface area contributed by atoms with Crippen molar-refractivity contribution >= 4 is 11.8 Å². The molecule has 1 aliphatic heterocycles. The van der Waals surface area contributed by atoms with Crippen molar-refractivity contribution in [3.05, 3.63) is 0 Å². The number of carbonyl (C=O) groups excluding carboxylic acids is 2. The summed E-state index contributed by atoms with van der Waals surface area (Å²) in [5.74, 6) is 0.0545. The molecule has 0 aromatic rings. The molecule has 1 saturated heterocycles. The first-order chi connectivity index (χ1) is 7.50. The fraction of sp³-hybridized carbons (Fsp3) is 0.833. The molecule has 1 unspecified atom stereocenters. The Morgan fingerprint density at radius 2 is 1.88 bits per heavy atom. The van der Waals surface area contributed by atoms with Gasteiger partial charge in [0.25, 0.3) is 0 Å². The molecule has 0 radical (unpaired) electrons. The lowest BCUT2D eigenvalue weighted by atomic mass is 9.91. The lowest BCUT2D eigenvalue weighted by Crippen LogP contribution is -2.57. The number of nitrogens with one attached hydrogen (secondary N) is 1. The highest BCUT2D eigenvalue weighted by Crippen LogP contribution is 2.24. The van der Waals surface area contributed by atoms with Crippen LogP contribution in [-0.2, 0) is 9.59 Å². The molecule has 1 rings (SSSR count). The highest BCUT2D eigenvalue weighted by molar-refractivity contribution is 5.93. The minimum atomic E-state index is -0.683. The average molecular weight is 226 g/mol. The van der Waals surface area contributed by atoms with Crippen LogP contribution in [0.1, 0.15) is 47.0 Å². The van der Waals surface area contributed by atoms with Gasteiger partial charge in [0.05, 0.1) is 0 Å². The van der Waals surface area contributed by atoms with E-state index in [1.165, 1.54) is 0 Å². The molecule has 1 atom stereocenters. The molecule has 1 heterocycles. The Kier molecular flexibility index (Phi) is 3.94. The lowest BCUT2D eigenvalue weighted by molar-refractivity contribution is -0.140. The lowest BCUT2D eigenvalue weighted by Gasteiger charge is -2.35. The largest absolute Gasteiger partial charge is 0.342 e. The van der Waals surface area contributed by atoms with Crippen LogP contribution in [0.4, 0.5) is 0 Å². The van der Waals surface area contributed by atoms with Crippen LogP contribution < -0.4 is 5.32 Å². The zero-order valence-corrected chi connectivity index (χ0v) is 10.7. The van der Waals surface area contributed by atoms with Crippen molar-refractivity contribution in [2.45, 2.75) is 58.5 Å². The van der Waals surface area contributed by atoms with Gasteiger partial charge in [-0.25, -0.2) is 0 Å². The fourth-order valence-corrected chi connectivity index (χ4v) is 2.41. The predicted molar refractivity (Wildman–Crippen MR) is 62.9 cm³/mol. The third kappa shape index (κ3) is 2.06. The molecule has 0 saturated carbocycles. The first-order valence-electron chi connectivity index (χ1n) is 6.12. The van der Waals surface area contributed by atoms with Crippen molar-refractivity contribution in [2.75, 3.05) is 6.54 Å². The maximum absolute atomic E-state index is 12.4. The number of rotatable bonds is 3. The Hall–Kier alpha value is -1.06. The zero-order chi connectivity index (χ0) is 12.3. The van der Waals surface area contributed by atoms with Gasteiger partial charge in [-0.2, -0.15) is 0 Å². The van der Waals surface area contributed by atoms with Crippen LogP contribution >= 0.6 is 0 Å². The van der Waals surface area contributed by atoms with Gasteiger partial charge in [-0.1, -0.05) is 13.8 Å². The highest BCUT2D eigenvalue weighted by atomic mass is 16.2. The van der Waals surface area contributed by atoms with Crippen molar-refractivity contribution in [3.8, 4) is 0 Å². The molecule has 92 valence electrons. The molecule has 4 nitrogen and oxygen atoms in total. The summed E-state index contributed by atoms with van der Waals surface area (Å²) in [6.07, 6.45) is 1.70. The van der Waals surface area contributed by atoms with Crippen LogP contribution in [0.2, 0.25) is 0 Å². The second-order valence-corrected chi connectivity index (χ2v) is 4.48. The molecule has 1 aliphatic rings. The first-order valence-corrected chi connectivity index (χ1v) is 6.12. The summed E-state index contributed by atoms with van der Waals surface area (Å²) in [6, 6.07) is -0.00234. The van der Waals surface area contributed by atoms with E-state index in [4.69, 9.17) is 0 Å². The molecule has 0 aliphatic carbocycles. The standard InChI is InChI=1S/C12H22N2O2/c1-5-12(6-2)11(16)14(7-3)9(4)8-10(15)13-12/h9H,5-8H2,1-4H3,(H,13,15). The minimum absolute atomic E-state index is 0.00234. The number of amides is 2. The van der Waals surface area contributed by atoms with E-state index in [-0.39, 0.29) is 17.9 Å². The topological polar surface area (TPSA) is 49.4 Å². The maximum atomic E-state index is 12.4. The van der Waals surface area contributed by atoms with Gasteiger partial charge in [-0.15, -0.1) is 0 Å². The molecule has 0 aromatic carbocycles. The summed E-state index contributed by atoms with van der Waals surface area (Å²) >= 11 is 0. The highest BCUT2D eigenvalue weighted by Gasteiger charge is 2.43. The molecule has 1 fully saturated rings. The van der Waals surface area contributed by atoms with Gasteiger partial charge < -0.3 is 10.2 Å². The summed E-state index contributed by atoms with van der Waals surface area (Å²) in [6.45, 7) is 8.45. The Bertz CT molecular complexity index is 285. The van der Waals surface area contributed by atoms with Crippen molar-refractivity contribution in [1.82, 2.24) is 10.2 Å². The van der Waals surface area contributed by atoms with E-state index < -0.39 is 5.54 Å². The van der Waals surface area contributed by atoms with Gasteiger partial charge in [0, 0.05) is 19.0 Å². The van der Waals surface area contributed by atoms with E-state index in [0.717, 1.165) is 0 Å². The van der Waals surface area contributed by atoms with Crippen molar-refractivity contribution < 1.29 is 9.59 Å². The van der Waals surface area contributed by atoms with Crippen molar-refractivity contribution in [1.29, 1.82) is 0 Å². The van der Waals surface area contributed by atoms with Crippen LogP contribution in [0.3, 0.4) is 0 Å². The molecule has 1 N–H and O–H groups in total. The second kappa shape index (κ2) is 4.85. The smallest absolute Gasteiger partial charge is 0.248 e. The van der Waals surface area contributed by atoms with Crippen molar-refractivity contribution in [2.24, 2.45) is 0 Å². The van der Waals surface area contributed by atoms with Crippen LogP contribution in [-0.4, -0.2) is 34.8 Å². The van der Waals surface area contributed by atoms with E-state index in [9.17, 15) is 9.59 Å². The Balaban J connectivity index is 3.09. The normalized spacial score (nSPS) is 25.2. The molecular formula is C12H22N2O2. The maximum Gasteiger partial charge on any atom is 0.248 e. The third-order valence-corrected chi connectivity index (χ3v) is 3.61. The zero-order valence-electron chi connectivity index (χ0n) is 10.7. The third-order valence-electron chi connectivity index (χ3n) is 3.61. The van der Waals surface area contributed by atoms with E-state index in [2.05, 4.69) is 5.32 Å². The summed E-state index contributed by atoms with van der Waals surface area (Å²) in [4.78, 5) is 26.0. The van der Waals surface area contributed by atoms with Crippen LogP contribution in [0.5, 0.6) is 0 Å². The SMILES string of the molecule is CCN1C(=O)C(CC)(CC)NC(=O)CC1C. The fourth-order valence-electron chi connectivity index (χ4n) is 2.41. The molecule has 16 heavy (non-hydrogen) atoms. The van der Waals surface area contributed by atoms with Gasteiger partial charge >= 0.3 is 0 Å². The van der Waals surface area contributed by atoms with Crippen LogP contribution in [0.25, 0.3) is 0 Å². The van der Waals surface area contributed by atoms with Crippen LogP contribution in [0, 0.1) is 0 Å². The molecular weight excluding hydrogens is 204 g/mol. The monoisotopic (exact) mass is 226 g/mol. The average Bonchev–Trinajstić information content (AvgIpc) is 2.34. The number of hydrogen-bond donors (Lipinski definition) is 1.